The van der Waals surface area contributed by atoms with Crippen molar-refractivity contribution in [3.63, 3.8) is 0 Å². The van der Waals surface area contributed by atoms with Crippen LogP contribution in [0.5, 0.6) is 5.88 Å². The molecule has 2 bridgehead atoms. The maximum atomic E-state index is 5.91. The van der Waals surface area contributed by atoms with Gasteiger partial charge in [0.1, 0.15) is 11.9 Å². The van der Waals surface area contributed by atoms with Crippen LogP contribution in [0.15, 0.2) is 12.3 Å². The molecule has 2 aliphatic rings. The van der Waals surface area contributed by atoms with Crippen molar-refractivity contribution in [1.82, 2.24) is 15.3 Å². The second kappa shape index (κ2) is 3.45. The van der Waals surface area contributed by atoms with Crippen LogP contribution in [0.1, 0.15) is 12.2 Å². The molecule has 0 amide bonds. The lowest BCUT2D eigenvalue weighted by Gasteiger charge is -2.48. The molecule has 2 fully saturated rings. The molecule has 3 rings (SSSR count). The van der Waals surface area contributed by atoms with Crippen molar-refractivity contribution in [2.24, 2.45) is 11.8 Å². The van der Waals surface area contributed by atoms with E-state index in [9.17, 15) is 0 Å². The summed E-state index contributed by atoms with van der Waals surface area (Å²) in [6.07, 6.45) is 3.44. The highest BCUT2D eigenvalue weighted by atomic mass is 16.5. The van der Waals surface area contributed by atoms with Crippen LogP contribution in [-0.2, 0) is 0 Å². The van der Waals surface area contributed by atoms with Crippen LogP contribution in [0.4, 0.5) is 0 Å². The third-order valence-corrected chi connectivity index (χ3v) is 3.36. The van der Waals surface area contributed by atoms with Gasteiger partial charge in [-0.15, -0.1) is 0 Å². The van der Waals surface area contributed by atoms with Gasteiger partial charge in [0.05, 0.1) is 0 Å². The lowest BCUT2D eigenvalue weighted by atomic mass is 9.69. The Hall–Kier alpha value is -1.16. The first kappa shape index (κ1) is 9.09. The number of ether oxygens (including phenoxy) is 1. The molecule has 1 saturated heterocycles. The van der Waals surface area contributed by atoms with E-state index in [0.717, 1.165) is 24.8 Å². The molecule has 0 spiro atoms. The van der Waals surface area contributed by atoms with Gasteiger partial charge < -0.3 is 10.1 Å². The van der Waals surface area contributed by atoms with Gasteiger partial charge in [-0.05, 0) is 13.3 Å². The molecule has 15 heavy (non-hydrogen) atoms. The summed E-state index contributed by atoms with van der Waals surface area (Å²) >= 11 is 0. The SMILES string of the molecule is Cc1nccc(OC2[C@@H]3CNC[C@H]2C3)n1. The van der Waals surface area contributed by atoms with Crippen LogP contribution in [0, 0.1) is 18.8 Å². The molecule has 1 saturated carbocycles. The largest absolute Gasteiger partial charge is 0.474 e. The highest BCUT2D eigenvalue weighted by Crippen LogP contribution is 2.38. The molecule has 1 unspecified atom stereocenters. The zero-order valence-electron chi connectivity index (χ0n) is 8.81. The molecule has 2 heterocycles. The van der Waals surface area contributed by atoms with E-state index in [1.807, 2.05) is 13.0 Å². The van der Waals surface area contributed by atoms with E-state index in [1.165, 1.54) is 6.42 Å². The summed E-state index contributed by atoms with van der Waals surface area (Å²) in [6.45, 7) is 4.06. The topological polar surface area (TPSA) is 47.0 Å². The highest BCUT2D eigenvalue weighted by Gasteiger charge is 2.45. The smallest absolute Gasteiger partial charge is 0.216 e. The zero-order chi connectivity index (χ0) is 10.3. The maximum absolute atomic E-state index is 5.91. The van der Waals surface area contributed by atoms with Crippen molar-refractivity contribution in [3.05, 3.63) is 18.1 Å². The predicted octanol–water partition coefficient (Wildman–Crippen LogP) is 0.772. The monoisotopic (exact) mass is 205 g/mol. The lowest BCUT2D eigenvalue weighted by molar-refractivity contribution is -0.0471. The van der Waals surface area contributed by atoms with Crippen LogP contribution in [0.2, 0.25) is 0 Å². The molecular weight excluding hydrogens is 190 g/mol. The molecule has 1 aromatic heterocycles. The minimum Gasteiger partial charge on any atom is -0.474 e. The fourth-order valence-corrected chi connectivity index (χ4v) is 2.53. The van der Waals surface area contributed by atoms with Gasteiger partial charge in [-0.25, -0.2) is 4.98 Å². The van der Waals surface area contributed by atoms with Crippen molar-refractivity contribution < 1.29 is 4.74 Å². The number of nitrogens with one attached hydrogen (secondary N) is 1. The van der Waals surface area contributed by atoms with Crippen LogP contribution >= 0.6 is 0 Å². The number of fused-ring (bicyclic) bond motifs is 2. The Labute approximate surface area is 89.1 Å². The molecule has 1 aliphatic heterocycles. The minimum absolute atomic E-state index is 0.376. The summed E-state index contributed by atoms with van der Waals surface area (Å²) < 4.78 is 5.91. The summed E-state index contributed by atoms with van der Waals surface area (Å²) in [6, 6.07) is 1.84. The standard InChI is InChI=1S/C11H15N3O/c1-7-13-3-2-10(14-7)15-11-8-4-9(11)6-12-5-8/h2-3,8-9,11-12H,4-6H2,1H3/t8-,9+,11?. The molecule has 4 heteroatoms. The van der Waals surface area contributed by atoms with Crippen LogP contribution in [0.25, 0.3) is 0 Å². The number of hydrogen-bond acceptors (Lipinski definition) is 4. The van der Waals surface area contributed by atoms with Gasteiger partial charge in [-0.1, -0.05) is 0 Å². The van der Waals surface area contributed by atoms with Gasteiger partial charge in [0, 0.05) is 37.2 Å². The van der Waals surface area contributed by atoms with E-state index in [-0.39, 0.29) is 0 Å². The normalized spacial score (nSPS) is 33.3. The van der Waals surface area contributed by atoms with Crippen molar-refractivity contribution >= 4 is 0 Å². The minimum atomic E-state index is 0.376. The number of rotatable bonds is 2. The average molecular weight is 205 g/mol. The molecule has 4 nitrogen and oxygen atoms in total. The number of piperidine rings is 2. The fourth-order valence-electron chi connectivity index (χ4n) is 2.53. The van der Waals surface area contributed by atoms with Crippen LogP contribution < -0.4 is 10.1 Å². The Morgan fingerprint density at radius 1 is 1.40 bits per heavy atom. The number of aromatic nitrogens is 2. The molecule has 1 N–H and O–H groups in total. The third kappa shape index (κ3) is 1.59. The molecule has 80 valence electrons. The van der Waals surface area contributed by atoms with E-state index in [2.05, 4.69) is 15.3 Å². The maximum Gasteiger partial charge on any atom is 0.216 e. The first-order valence-electron chi connectivity index (χ1n) is 5.50. The molecule has 0 aromatic carbocycles. The summed E-state index contributed by atoms with van der Waals surface area (Å²) in [5, 5.41) is 3.40. The van der Waals surface area contributed by atoms with Gasteiger partial charge in [-0.2, -0.15) is 4.98 Å². The van der Waals surface area contributed by atoms with Gasteiger partial charge in [-0.3, -0.25) is 0 Å². The van der Waals surface area contributed by atoms with E-state index >= 15 is 0 Å². The lowest BCUT2D eigenvalue weighted by Crippen LogP contribution is -2.59. The molecule has 1 aliphatic carbocycles. The second-order valence-electron chi connectivity index (χ2n) is 4.44. The Morgan fingerprint density at radius 3 is 2.87 bits per heavy atom. The number of nitrogens with zero attached hydrogens (tertiary/aromatic N) is 2. The van der Waals surface area contributed by atoms with E-state index < -0.39 is 0 Å². The Bertz CT molecular complexity index is 355. The first-order chi connectivity index (χ1) is 7.33. The van der Waals surface area contributed by atoms with Crippen molar-refractivity contribution in [1.29, 1.82) is 0 Å². The summed E-state index contributed by atoms with van der Waals surface area (Å²) in [7, 11) is 0. The van der Waals surface area contributed by atoms with E-state index in [4.69, 9.17) is 4.74 Å². The highest BCUT2D eigenvalue weighted by molar-refractivity contribution is 5.11. The predicted molar refractivity (Wildman–Crippen MR) is 55.7 cm³/mol. The van der Waals surface area contributed by atoms with Gasteiger partial charge >= 0.3 is 0 Å². The van der Waals surface area contributed by atoms with E-state index in [0.29, 0.717) is 17.9 Å². The zero-order valence-corrected chi connectivity index (χ0v) is 8.81. The van der Waals surface area contributed by atoms with Gasteiger partial charge in [0.2, 0.25) is 5.88 Å². The van der Waals surface area contributed by atoms with E-state index in [1.54, 1.807) is 6.20 Å². The molecular formula is C11H15N3O. The number of hydrogen-bond donors (Lipinski definition) is 1. The second-order valence-corrected chi connectivity index (χ2v) is 4.44. The first-order valence-corrected chi connectivity index (χ1v) is 5.50. The van der Waals surface area contributed by atoms with Gasteiger partial charge in [0.25, 0.3) is 0 Å². The van der Waals surface area contributed by atoms with Crippen molar-refractivity contribution in [3.8, 4) is 5.88 Å². The molecule has 0 radical (unpaired) electrons. The van der Waals surface area contributed by atoms with Crippen LogP contribution in [0.3, 0.4) is 0 Å². The Kier molecular flexibility index (Phi) is 2.09. The molecule has 3 atom stereocenters. The summed E-state index contributed by atoms with van der Waals surface area (Å²) in [4.78, 5) is 8.33. The van der Waals surface area contributed by atoms with Crippen molar-refractivity contribution in [2.45, 2.75) is 19.4 Å². The fraction of sp³-hybridized carbons (Fsp3) is 0.636. The summed E-state index contributed by atoms with van der Waals surface area (Å²) in [5.74, 6) is 2.86. The molecule has 1 aromatic rings. The van der Waals surface area contributed by atoms with Crippen LogP contribution in [-0.4, -0.2) is 29.2 Å². The Balaban J connectivity index is 1.70. The van der Waals surface area contributed by atoms with Crippen molar-refractivity contribution in [2.75, 3.05) is 13.1 Å². The summed E-state index contributed by atoms with van der Waals surface area (Å²) in [5.41, 5.74) is 0. The Morgan fingerprint density at radius 2 is 2.20 bits per heavy atom. The quantitative estimate of drug-likeness (QED) is 0.774. The third-order valence-electron chi connectivity index (χ3n) is 3.36. The van der Waals surface area contributed by atoms with Gasteiger partial charge in [0.15, 0.2) is 0 Å². The average Bonchev–Trinajstić information content (AvgIpc) is 2.27. The number of aryl methyl sites for hydroxylation is 1.